The zero-order valence-corrected chi connectivity index (χ0v) is 11.3. The molecule has 0 aliphatic rings. The largest absolute Gasteiger partial charge is 0.480 e. The Morgan fingerprint density at radius 2 is 2.50 bits per heavy atom. The van der Waals surface area contributed by atoms with E-state index in [0.717, 1.165) is 22.5 Å². The molecule has 0 amide bonds. The van der Waals surface area contributed by atoms with Crippen molar-refractivity contribution in [1.82, 2.24) is 9.97 Å². The van der Waals surface area contributed by atoms with E-state index in [9.17, 15) is 0 Å². The van der Waals surface area contributed by atoms with Crippen molar-refractivity contribution in [2.24, 2.45) is 0 Å². The van der Waals surface area contributed by atoms with Crippen LogP contribution in [0.4, 0.5) is 5.95 Å². The highest BCUT2D eigenvalue weighted by atomic mass is 79.9. The molecule has 0 aromatic carbocycles. The molecule has 0 saturated heterocycles. The van der Waals surface area contributed by atoms with Crippen molar-refractivity contribution in [2.75, 3.05) is 30.5 Å². The highest BCUT2D eigenvalue weighted by Crippen LogP contribution is 2.21. The van der Waals surface area contributed by atoms with Crippen LogP contribution in [-0.2, 0) is 0 Å². The van der Waals surface area contributed by atoms with Crippen LogP contribution in [0.1, 0.15) is 0 Å². The minimum absolute atomic E-state index is 0.522. The predicted octanol–water partition coefficient (Wildman–Crippen LogP) is 2.03. The summed E-state index contributed by atoms with van der Waals surface area (Å²) in [6, 6.07) is 0. The molecule has 0 spiro atoms. The molecule has 0 atom stereocenters. The molecule has 0 saturated carbocycles. The third kappa shape index (κ3) is 4.29. The number of halogens is 1. The lowest BCUT2D eigenvalue weighted by Crippen LogP contribution is -2.08. The lowest BCUT2D eigenvalue weighted by atomic mass is 10.6. The number of thioether (sulfide) groups is 1. The molecule has 1 N–H and O–H groups in total. The molecular formula is C10H12BrN3OS. The summed E-state index contributed by atoms with van der Waals surface area (Å²) in [5.41, 5.74) is 0. The van der Waals surface area contributed by atoms with Crippen molar-refractivity contribution in [3.63, 3.8) is 0 Å². The lowest BCUT2D eigenvalue weighted by molar-refractivity contribution is 0.394. The van der Waals surface area contributed by atoms with E-state index >= 15 is 0 Å². The first kappa shape index (κ1) is 13.1. The SMILES string of the molecule is C#CCSCCNc1ncc(Br)c(OC)n1. The molecule has 86 valence electrons. The van der Waals surface area contributed by atoms with Gasteiger partial charge in [-0.2, -0.15) is 4.98 Å². The van der Waals surface area contributed by atoms with Crippen molar-refractivity contribution in [1.29, 1.82) is 0 Å². The van der Waals surface area contributed by atoms with E-state index < -0.39 is 0 Å². The summed E-state index contributed by atoms with van der Waals surface area (Å²) in [6.07, 6.45) is 6.79. The Bertz CT molecular complexity index is 381. The van der Waals surface area contributed by atoms with Crippen molar-refractivity contribution >= 4 is 33.6 Å². The average Bonchev–Trinajstić information content (AvgIpc) is 2.31. The first-order valence-electron chi connectivity index (χ1n) is 4.59. The van der Waals surface area contributed by atoms with Crippen LogP contribution in [0, 0.1) is 12.3 Å². The third-order valence-electron chi connectivity index (χ3n) is 1.62. The van der Waals surface area contributed by atoms with Crippen LogP contribution in [0.5, 0.6) is 5.88 Å². The Morgan fingerprint density at radius 1 is 1.69 bits per heavy atom. The van der Waals surface area contributed by atoms with Crippen LogP contribution in [0.15, 0.2) is 10.7 Å². The number of nitrogens with zero attached hydrogens (tertiary/aromatic N) is 2. The number of terminal acetylenes is 1. The number of rotatable bonds is 6. The van der Waals surface area contributed by atoms with E-state index in [1.165, 1.54) is 0 Å². The second-order valence-corrected chi connectivity index (χ2v) is 4.69. The van der Waals surface area contributed by atoms with Gasteiger partial charge < -0.3 is 10.1 Å². The van der Waals surface area contributed by atoms with Gasteiger partial charge in [-0.25, -0.2) is 4.98 Å². The lowest BCUT2D eigenvalue weighted by Gasteiger charge is -2.06. The van der Waals surface area contributed by atoms with Gasteiger partial charge in [0, 0.05) is 12.3 Å². The third-order valence-corrected chi connectivity index (χ3v) is 3.03. The smallest absolute Gasteiger partial charge is 0.232 e. The number of hydrogen-bond acceptors (Lipinski definition) is 5. The Labute approximate surface area is 108 Å². The second kappa shape index (κ2) is 7.36. The molecule has 0 aliphatic heterocycles. The molecule has 1 aromatic heterocycles. The predicted molar refractivity (Wildman–Crippen MR) is 70.9 cm³/mol. The molecular weight excluding hydrogens is 290 g/mol. The normalized spacial score (nSPS) is 9.56. The van der Waals surface area contributed by atoms with Crippen LogP contribution in [0.2, 0.25) is 0 Å². The van der Waals surface area contributed by atoms with Crippen LogP contribution in [0.25, 0.3) is 0 Å². The van der Waals surface area contributed by atoms with E-state index in [0.29, 0.717) is 11.8 Å². The molecule has 1 heterocycles. The summed E-state index contributed by atoms with van der Waals surface area (Å²) in [6.45, 7) is 0.775. The Kier molecular flexibility index (Phi) is 6.04. The highest BCUT2D eigenvalue weighted by Gasteiger charge is 2.03. The van der Waals surface area contributed by atoms with Crippen LogP contribution in [-0.4, -0.2) is 35.1 Å². The second-order valence-electron chi connectivity index (χ2n) is 2.73. The first-order valence-corrected chi connectivity index (χ1v) is 6.54. The van der Waals surface area contributed by atoms with Crippen molar-refractivity contribution in [3.8, 4) is 18.2 Å². The van der Waals surface area contributed by atoms with Crippen molar-refractivity contribution < 1.29 is 4.74 Å². The molecule has 0 bridgehead atoms. The van der Waals surface area contributed by atoms with E-state index in [1.807, 2.05) is 0 Å². The van der Waals surface area contributed by atoms with Gasteiger partial charge in [0.25, 0.3) is 0 Å². The Morgan fingerprint density at radius 3 is 3.19 bits per heavy atom. The summed E-state index contributed by atoms with van der Waals surface area (Å²) in [5.74, 6) is 5.30. The summed E-state index contributed by atoms with van der Waals surface area (Å²) >= 11 is 4.98. The molecule has 0 radical (unpaired) electrons. The molecule has 0 fully saturated rings. The van der Waals surface area contributed by atoms with Gasteiger partial charge in [0.05, 0.1) is 23.5 Å². The summed E-state index contributed by atoms with van der Waals surface area (Å²) in [7, 11) is 1.57. The minimum atomic E-state index is 0.522. The van der Waals surface area contributed by atoms with Gasteiger partial charge in [-0.05, 0) is 15.9 Å². The van der Waals surface area contributed by atoms with E-state index in [1.54, 1.807) is 25.1 Å². The number of ether oxygens (including phenoxy) is 1. The fourth-order valence-corrected chi connectivity index (χ4v) is 1.81. The number of methoxy groups -OCH3 is 1. The average molecular weight is 302 g/mol. The Hall–Kier alpha value is -0.930. The van der Waals surface area contributed by atoms with E-state index in [4.69, 9.17) is 11.2 Å². The zero-order chi connectivity index (χ0) is 11.8. The minimum Gasteiger partial charge on any atom is -0.480 e. The van der Waals surface area contributed by atoms with Crippen LogP contribution < -0.4 is 10.1 Å². The zero-order valence-electron chi connectivity index (χ0n) is 8.86. The molecule has 6 heteroatoms. The van der Waals surface area contributed by atoms with Gasteiger partial charge >= 0.3 is 0 Å². The first-order chi connectivity index (χ1) is 7.77. The van der Waals surface area contributed by atoms with Crippen molar-refractivity contribution in [2.45, 2.75) is 0 Å². The molecule has 16 heavy (non-hydrogen) atoms. The standard InChI is InChI=1S/C10H12BrN3OS/c1-3-5-16-6-4-12-10-13-7-8(11)9(14-10)15-2/h1,7H,4-6H2,2H3,(H,12,13,14). The van der Waals surface area contributed by atoms with Crippen LogP contribution >= 0.6 is 27.7 Å². The highest BCUT2D eigenvalue weighted by molar-refractivity contribution is 9.10. The Balaban J connectivity index is 2.40. The monoisotopic (exact) mass is 301 g/mol. The number of nitrogens with one attached hydrogen (secondary N) is 1. The van der Waals surface area contributed by atoms with Gasteiger partial charge in [-0.15, -0.1) is 18.2 Å². The topological polar surface area (TPSA) is 47.0 Å². The summed E-state index contributed by atoms with van der Waals surface area (Å²) in [5, 5.41) is 3.09. The van der Waals surface area contributed by atoms with Gasteiger partial charge in [0.15, 0.2) is 0 Å². The fraction of sp³-hybridized carbons (Fsp3) is 0.400. The van der Waals surface area contributed by atoms with Gasteiger partial charge in [-0.1, -0.05) is 5.92 Å². The van der Waals surface area contributed by atoms with Crippen molar-refractivity contribution in [3.05, 3.63) is 10.7 Å². The maximum Gasteiger partial charge on any atom is 0.232 e. The molecule has 4 nitrogen and oxygen atoms in total. The van der Waals surface area contributed by atoms with Gasteiger partial charge in [0.1, 0.15) is 0 Å². The van der Waals surface area contributed by atoms with Gasteiger partial charge in [0.2, 0.25) is 11.8 Å². The number of aromatic nitrogens is 2. The fourth-order valence-electron chi connectivity index (χ4n) is 0.946. The number of hydrogen-bond donors (Lipinski definition) is 1. The molecule has 0 aliphatic carbocycles. The van der Waals surface area contributed by atoms with Crippen LogP contribution in [0.3, 0.4) is 0 Å². The van der Waals surface area contributed by atoms with Gasteiger partial charge in [-0.3, -0.25) is 0 Å². The molecule has 0 unspecified atom stereocenters. The quantitative estimate of drug-likeness (QED) is 0.643. The number of anilines is 1. The summed E-state index contributed by atoms with van der Waals surface area (Å²) in [4.78, 5) is 8.27. The van der Waals surface area contributed by atoms with E-state index in [2.05, 4.69) is 37.1 Å². The molecule has 1 aromatic rings. The summed E-state index contributed by atoms with van der Waals surface area (Å²) < 4.78 is 5.80. The maximum absolute atomic E-state index is 5.14. The maximum atomic E-state index is 5.14. The van der Waals surface area contributed by atoms with E-state index in [-0.39, 0.29) is 0 Å². The molecule has 1 rings (SSSR count).